The van der Waals surface area contributed by atoms with Crippen molar-refractivity contribution < 1.29 is 17.9 Å². The first-order valence-electron chi connectivity index (χ1n) is 13.3. The summed E-state index contributed by atoms with van der Waals surface area (Å²) in [4.78, 5) is 7.00. The van der Waals surface area contributed by atoms with Crippen molar-refractivity contribution >= 4 is 5.69 Å². The lowest BCUT2D eigenvalue weighted by Crippen LogP contribution is -2.46. The molecule has 5 rings (SSSR count). The third kappa shape index (κ3) is 6.33. The van der Waals surface area contributed by atoms with Crippen molar-refractivity contribution in [3.63, 3.8) is 0 Å². The number of alkyl halides is 3. The number of piperidine rings is 2. The molecular weight excluding hydrogens is 489 g/mol. The number of rotatable bonds is 6. The summed E-state index contributed by atoms with van der Waals surface area (Å²) >= 11 is 0. The number of nitriles is 1. The number of halogens is 3. The minimum atomic E-state index is -4.31. The first-order chi connectivity index (χ1) is 18.4. The fourth-order valence-electron chi connectivity index (χ4n) is 5.54. The molecule has 38 heavy (non-hydrogen) atoms. The molecule has 0 saturated carbocycles. The normalized spacial score (nSPS) is 19.8. The first-order valence-corrected chi connectivity index (χ1v) is 13.3. The van der Waals surface area contributed by atoms with Crippen LogP contribution in [0.25, 0.3) is 0 Å². The van der Waals surface area contributed by atoms with Gasteiger partial charge in [0.05, 0.1) is 17.2 Å². The van der Waals surface area contributed by atoms with E-state index in [2.05, 4.69) is 39.0 Å². The van der Waals surface area contributed by atoms with Gasteiger partial charge < -0.3 is 14.5 Å². The van der Waals surface area contributed by atoms with Gasteiger partial charge in [0.2, 0.25) is 0 Å². The van der Waals surface area contributed by atoms with E-state index >= 15 is 0 Å². The third-order valence-corrected chi connectivity index (χ3v) is 7.74. The van der Waals surface area contributed by atoms with Crippen LogP contribution >= 0.6 is 0 Å². The van der Waals surface area contributed by atoms with E-state index in [9.17, 15) is 13.2 Å². The number of anilines is 1. The van der Waals surface area contributed by atoms with Crippen LogP contribution in [-0.4, -0.2) is 54.7 Å². The van der Waals surface area contributed by atoms with Crippen molar-refractivity contribution in [3.8, 4) is 6.07 Å². The van der Waals surface area contributed by atoms with Crippen molar-refractivity contribution in [2.75, 3.05) is 37.6 Å². The van der Waals surface area contributed by atoms with Crippen LogP contribution in [0, 0.1) is 11.3 Å². The van der Waals surface area contributed by atoms with E-state index in [0.717, 1.165) is 88.7 Å². The number of hydrogen-bond acceptors (Lipinski definition) is 5. The summed E-state index contributed by atoms with van der Waals surface area (Å²) in [6.45, 7) is 5.29. The summed E-state index contributed by atoms with van der Waals surface area (Å²) in [5.74, 6) is 0.936. The Labute approximate surface area is 222 Å². The highest BCUT2D eigenvalue weighted by atomic mass is 19.4. The van der Waals surface area contributed by atoms with E-state index in [1.807, 2.05) is 24.3 Å². The number of hydrogen-bond donors (Lipinski definition) is 0. The monoisotopic (exact) mass is 522 g/mol. The molecule has 0 aliphatic carbocycles. The average Bonchev–Trinajstić information content (AvgIpc) is 2.94. The minimum absolute atomic E-state index is 0.0948. The summed E-state index contributed by atoms with van der Waals surface area (Å²) in [6, 6.07) is 15.9. The van der Waals surface area contributed by atoms with E-state index in [0.29, 0.717) is 11.6 Å². The van der Waals surface area contributed by atoms with Gasteiger partial charge in [-0.1, -0.05) is 24.3 Å². The molecule has 0 unspecified atom stereocenters. The Morgan fingerprint density at radius 1 is 0.895 bits per heavy atom. The molecule has 0 spiro atoms. The number of likely N-dealkylation sites (tertiary alicyclic amines) is 1. The summed E-state index contributed by atoms with van der Waals surface area (Å²) in [5, 5.41) is 9.00. The maximum absolute atomic E-state index is 12.9. The SMILES string of the molecule is N#Cc1ccc(CN2CCC(N3CC=CC=C3OC3CCN(c4ccc(C(F)(F)F)cc4)CC3)CC2)cc1. The van der Waals surface area contributed by atoms with Gasteiger partial charge in [0.1, 0.15) is 6.10 Å². The maximum Gasteiger partial charge on any atom is 0.416 e. The van der Waals surface area contributed by atoms with Crippen LogP contribution in [0.5, 0.6) is 0 Å². The number of ether oxygens (including phenoxy) is 1. The van der Waals surface area contributed by atoms with Crippen LogP contribution in [0.3, 0.4) is 0 Å². The highest BCUT2D eigenvalue weighted by Gasteiger charge is 2.31. The Morgan fingerprint density at radius 3 is 2.21 bits per heavy atom. The predicted molar refractivity (Wildman–Crippen MR) is 141 cm³/mol. The second-order valence-corrected chi connectivity index (χ2v) is 10.3. The standard InChI is InChI=1S/C30H33F3N4O/c31-30(32,33)25-8-10-26(11-9-25)36-19-14-28(15-20-36)38-29-3-1-2-16-37(29)27-12-17-35(18-13-27)22-24-6-4-23(21-34)5-7-24/h1-11,27-28H,12-20,22H2. The largest absolute Gasteiger partial charge is 0.476 e. The van der Waals surface area contributed by atoms with Gasteiger partial charge in [-0.2, -0.15) is 18.4 Å². The smallest absolute Gasteiger partial charge is 0.416 e. The molecule has 2 fully saturated rings. The molecule has 2 aromatic rings. The van der Waals surface area contributed by atoms with E-state index in [-0.39, 0.29) is 6.10 Å². The Bertz CT molecular complexity index is 1170. The van der Waals surface area contributed by atoms with Gasteiger partial charge >= 0.3 is 6.18 Å². The van der Waals surface area contributed by atoms with Crippen LogP contribution in [0.1, 0.15) is 42.4 Å². The van der Waals surface area contributed by atoms with E-state index in [1.165, 1.54) is 5.56 Å². The average molecular weight is 523 g/mol. The quantitative estimate of drug-likeness (QED) is 0.470. The van der Waals surface area contributed by atoms with Gasteiger partial charge in [-0.15, -0.1) is 0 Å². The van der Waals surface area contributed by atoms with Gasteiger partial charge in [-0.3, -0.25) is 4.90 Å². The molecule has 0 bridgehead atoms. The molecule has 2 aromatic carbocycles. The molecule has 0 amide bonds. The fraction of sp³-hybridized carbons (Fsp3) is 0.433. The predicted octanol–water partition coefficient (Wildman–Crippen LogP) is 5.94. The molecule has 0 radical (unpaired) electrons. The van der Waals surface area contributed by atoms with Crippen LogP contribution in [0.2, 0.25) is 0 Å². The molecule has 0 aromatic heterocycles. The highest BCUT2D eigenvalue weighted by molar-refractivity contribution is 5.48. The van der Waals surface area contributed by atoms with Crippen molar-refractivity contribution in [1.82, 2.24) is 9.80 Å². The van der Waals surface area contributed by atoms with Crippen molar-refractivity contribution in [2.45, 2.75) is 50.6 Å². The molecule has 3 aliphatic heterocycles. The van der Waals surface area contributed by atoms with Crippen molar-refractivity contribution in [1.29, 1.82) is 5.26 Å². The van der Waals surface area contributed by atoms with Gasteiger partial charge in [0, 0.05) is 63.8 Å². The van der Waals surface area contributed by atoms with Crippen LogP contribution in [0.4, 0.5) is 18.9 Å². The molecular formula is C30H33F3N4O. The van der Waals surface area contributed by atoms with Gasteiger partial charge in [-0.25, -0.2) is 0 Å². The van der Waals surface area contributed by atoms with Crippen molar-refractivity contribution in [2.24, 2.45) is 0 Å². The Hall–Kier alpha value is -3.44. The summed E-state index contributed by atoms with van der Waals surface area (Å²) in [7, 11) is 0. The summed E-state index contributed by atoms with van der Waals surface area (Å²) in [6.07, 6.45) is 5.88. The molecule has 3 heterocycles. The zero-order valence-electron chi connectivity index (χ0n) is 21.4. The molecule has 3 aliphatic rings. The number of benzene rings is 2. The van der Waals surface area contributed by atoms with Crippen molar-refractivity contribution in [3.05, 3.63) is 89.3 Å². The zero-order chi connectivity index (χ0) is 26.5. The maximum atomic E-state index is 12.9. The highest BCUT2D eigenvalue weighted by Crippen LogP contribution is 2.32. The Kier molecular flexibility index (Phi) is 7.94. The van der Waals surface area contributed by atoms with Gasteiger partial charge in [0.15, 0.2) is 5.88 Å². The molecule has 0 atom stereocenters. The van der Waals surface area contributed by atoms with Gasteiger partial charge in [0.25, 0.3) is 0 Å². The summed E-state index contributed by atoms with van der Waals surface area (Å²) in [5.41, 5.74) is 2.13. The molecule has 2 saturated heterocycles. The first kappa shape index (κ1) is 26.2. The lowest BCUT2D eigenvalue weighted by Gasteiger charge is -2.42. The van der Waals surface area contributed by atoms with Crippen LogP contribution in [-0.2, 0) is 17.5 Å². The lowest BCUT2D eigenvalue weighted by atomic mass is 10.0. The zero-order valence-corrected chi connectivity index (χ0v) is 21.4. The third-order valence-electron chi connectivity index (χ3n) is 7.74. The topological polar surface area (TPSA) is 42.7 Å². The van der Waals surface area contributed by atoms with E-state index in [4.69, 9.17) is 10.00 Å². The minimum Gasteiger partial charge on any atom is -0.476 e. The number of allylic oxidation sites excluding steroid dienone is 2. The van der Waals surface area contributed by atoms with Crippen LogP contribution < -0.4 is 4.90 Å². The van der Waals surface area contributed by atoms with E-state index in [1.54, 1.807) is 12.1 Å². The second kappa shape index (κ2) is 11.5. The second-order valence-electron chi connectivity index (χ2n) is 10.3. The Balaban J connectivity index is 1.11. The molecule has 0 N–H and O–H groups in total. The van der Waals surface area contributed by atoms with E-state index < -0.39 is 11.7 Å². The molecule has 5 nitrogen and oxygen atoms in total. The van der Waals surface area contributed by atoms with Gasteiger partial charge in [-0.05, 0) is 60.9 Å². The number of nitrogens with zero attached hydrogens (tertiary/aromatic N) is 4. The Morgan fingerprint density at radius 2 is 1.58 bits per heavy atom. The summed E-state index contributed by atoms with van der Waals surface area (Å²) < 4.78 is 45.1. The molecule has 8 heteroatoms. The lowest BCUT2D eigenvalue weighted by molar-refractivity contribution is -0.137. The fourth-order valence-corrected chi connectivity index (χ4v) is 5.54. The van der Waals surface area contributed by atoms with Crippen LogP contribution in [0.15, 0.2) is 72.6 Å². The molecule has 200 valence electrons.